The highest BCUT2D eigenvalue weighted by Gasteiger charge is 2.27. The molecule has 0 aromatic heterocycles. The first kappa shape index (κ1) is 22.9. The number of carbonyl (C=O) groups excluding carboxylic acids is 1. The minimum Gasteiger partial charge on any atom is -0.599 e. The van der Waals surface area contributed by atoms with Gasteiger partial charge in [0.2, 0.25) is 0 Å². The lowest BCUT2D eigenvalue weighted by molar-refractivity contribution is -0.251. The normalized spacial score (nSPS) is 13.6. The second-order valence-corrected chi connectivity index (χ2v) is 7.24. The average molecular weight is 437 g/mol. The van der Waals surface area contributed by atoms with Crippen LogP contribution in [0.15, 0.2) is 66.2 Å². The van der Waals surface area contributed by atoms with E-state index in [1.54, 1.807) is 0 Å². The molecular formula is C24H25N2O6-. The summed E-state index contributed by atoms with van der Waals surface area (Å²) in [7, 11) is 0. The lowest BCUT2D eigenvalue weighted by atomic mass is 9.98. The van der Waals surface area contributed by atoms with Gasteiger partial charge in [-0.25, -0.2) is 9.59 Å². The van der Waals surface area contributed by atoms with Crippen molar-refractivity contribution in [1.82, 2.24) is 5.32 Å². The van der Waals surface area contributed by atoms with Gasteiger partial charge in [-0.1, -0.05) is 61.2 Å². The number of benzene rings is 2. The van der Waals surface area contributed by atoms with Crippen molar-refractivity contribution in [3.63, 3.8) is 0 Å². The topological polar surface area (TPSA) is 120 Å². The van der Waals surface area contributed by atoms with Crippen molar-refractivity contribution < 1.29 is 29.3 Å². The minimum atomic E-state index is -1.25. The van der Waals surface area contributed by atoms with Gasteiger partial charge in [-0.05, 0) is 35.1 Å². The lowest BCUT2D eigenvalue weighted by Crippen LogP contribution is -2.30. The molecule has 1 atom stereocenters. The van der Waals surface area contributed by atoms with Crippen LogP contribution in [0.4, 0.5) is 4.79 Å². The fourth-order valence-electron chi connectivity index (χ4n) is 3.67. The van der Waals surface area contributed by atoms with Crippen LogP contribution in [0.25, 0.3) is 11.1 Å². The van der Waals surface area contributed by atoms with Gasteiger partial charge in [-0.2, -0.15) is 0 Å². The monoisotopic (exact) mass is 437 g/mol. The zero-order valence-electron chi connectivity index (χ0n) is 17.5. The molecule has 8 nitrogen and oxygen atoms in total. The van der Waals surface area contributed by atoms with E-state index in [0.717, 1.165) is 22.3 Å². The van der Waals surface area contributed by atoms with Crippen LogP contribution in [-0.4, -0.2) is 49.1 Å². The molecule has 1 aliphatic carbocycles. The van der Waals surface area contributed by atoms with Gasteiger partial charge in [0.15, 0.2) is 0 Å². The molecule has 1 aliphatic rings. The van der Waals surface area contributed by atoms with Crippen molar-refractivity contribution in [3.8, 4) is 11.1 Å². The molecule has 0 radical (unpaired) electrons. The van der Waals surface area contributed by atoms with Gasteiger partial charge in [0.05, 0.1) is 0 Å². The zero-order valence-corrected chi connectivity index (χ0v) is 17.5. The Morgan fingerprint density at radius 1 is 1.12 bits per heavy atom. The van der Waals surface area contributed by atoms with Crippen molar-refractivity contribution in [2.75, 3.05) is 19.8 Å². The maximum atomic E-state index is 12.2. The fraction of sp³-hybridized carbons (Fsp3) is 0.292. The Morgan fingerprint density at radius 3 is 2.34 bits per heavy atom. The van der Waals surface area contributed by atoms with E-state index in [9.17, 15) is 19.8 Å². The van der Waals surface area contributed by atoms with Gasteiger partial charge in [0.1, 0.15) is 18.7 Å². The third kappa shape index (κ3) is 5.66. The number of alkyl carbamates (subject to hydrolysis) is 1. The molecular weight excluding hydrogens is 412 g/mol. The Balaban J connectivity index is 1.56. The summed E-state index contributed by atoms with van der Waals surface area (Å²) < 4.78 is 10.1. The number of amides is 1. The summed E-state index contributed by atoms with van der Waals surface area (Å²) in [6, 6.07) is 14.6. The van der Waals surface area contributed by atoms with E-state index in [1.807, 2.05) is 48.5 Å². The van der Waals surface area contributed by atoms with E-state index >= 15 is 0 Å². The predicted octanol–water partition coefficient (Wildman–Crippen LogP) is 2.68. The first-order valence-corrected chi connectivity index (χ1v) is 10.3. The molecule has 1 amide bonds. The number of hydrogen-bond acceptors (Lipinski definition) is 6. The maximum Gasteiger partial charge on any atom is 0.407 e. The SMILES string of the molecule is C=CCOC(=O)NCCC[C@@H](N=C([O-])OCC1c2ccccc2-c2ccccc21)C(=O)O. The quantitative estimate of drug-likeness (QED) is 0.255. The molecule has 0 aliphatic heterocycles. The van der Waals surface area contributed by atoms with Crippen LogP contribution in [0.3, 0.4) is 0 Å². The van der Waals surface area contributed by atoms with Crippen LogP contribution in [0.2, 0.25) is 0 Å². The third-order valence-electron chi connectivity index (χ3n) is 5.14. The van der Waals surface area contributed by atoms with Gasteiger partial charge >= 0.3 is 12.1 Å². The highest BCUT2D eigenvalue weighted by molar-refractivity contribution is 5.79. The van der Waals surface area contributed by atoms with Crippen molar-refractivity contribution in [2.24, 2.45) is 4.99 Å². The van der Waals surface area contributed by atoms with Crippen molar-refractivity contribution >= 4 is 18.1 Å². The van der Waals surface area contributed by atoms with Gasteiger partial charge in [0.25, 0.3) is 0 Å². The molecule has 32 heavy (non-hydrogen) atoms. The molecule has 0 unspecified atom stereocenters. The summed E-state index contributed by atoms with van der Waals surface area (Å²) in [5.74, 6) is -1.36. The van der Waals surface area contributed by atoms with Crippen LogP contribution in [0.1, 0.15) is 29.9 Å². The Labute approximate surface area is 186 Å². The maximum absolute atomic E-state index is 12.2. The van der Waals surface area contributed by atoms with Crippen LogP contribution in [-0.2, 0) is 14.3 Å². The second kappa shape index (κ2) is 11.0. The fourth-order valence-corrected chi connectivity index (χ4v) is 3.67. The van der Waals surface area contributed by atoms with Gasteiger partial charge < -0.3 is 25.0 Å². The van der Waals surface area contributed by atoms with Crippen molar-refractivity contribution in [1.29, 1.82) is 0 Å². The van der Waals surface area contributed by atoms with E-state index in [-0.39, 0.29) is 32.1 Å². The van der Waals surface area contributed by atoms with Gasteiger partial charge in [0, 0.05) is 19.1 Å². The van der Waals surface area contributed by atoms with Crippen molar-refractivity contribution in [3.05, 3.63) is 72.3 Å². The number of carboxylic acids is 1. The molecule has 0 heterocycles. The Morgan fingerprint density at radius 2 is 1.75 bits per heavy atom. The molecule has 2 aromatic carbocycles. The van der Waals surface area contributed by atoms with Crippen LogP contribution < -0.4 is 10.4 Å². The smallest absolute Gasteiger partial charge is 0.407 e. The summed E-state index contributed by atoms with van der Waals surface area (Å²) in [6.45, 7) is 3.78. The number of nitrogens with zero attached hydrogens (tertiary/aromatic N) is 1. The van der Waals surface area contributed by atoms with Gasteiger partial charge in [-0.15, -0.1) is 0 Å². The van der Waals surface area contributed by atoms with E-state index in [2.05, 4.69) is 16.9 Å². The zero-order chi connectivity index (χ0) is 22.9. The first-order chi connectivity index (χ1) is 15.5. The largest absolute Gasteiger partial charge is 0.599 e. The molecule has 2 aromatic rings. The molecule has 0 bridgehead atoms. The first-order valence-electron chi connectivity index (χ1n) is 10.3. The summed E-state index contributed by atoms with van der Waals surface area (Å²) in [5.41, 5.74) is 4.32. The standard InChI is InChI=1S/C24H26N2O6/c1-2-14-31-23(29)25-13-7-12-21(22(27)28)26-24(30)32-15-20-18-10-5-3-8-16(18)17-9-4-6-11-19(17)20/h2-6,8-11,20-21H,1,7,12-15H2,(H,25,29)(H,26,30)(H,27,28)/p-1/t21-/m1/s1. The van der Waals surface area contributed by atoms with Crippen molar-refractivity contribution in [2.45, 2.75) is 24.8 Å². The predicted molar refractivity (Wildman–Crippen MR) is 117 cm³/mol. The highest BCUT2D eigenvalue weighted by Crippen LogP contribution is 2.44. The van der Waals surface area contributed by atoms with Crippen LogP contribution >= 0.6 is 0 Å². The summed E-state index contributed by atoms with van der Waals surface area (Å²) in [4.78, 5) is 26.5. The second-order valence-electron chi connectivity index (χ2n) is 7.24. The molecule has 8 heteroatoms. The summed E-state index contributed by atoms with van der Waals surface area (Å²) >= 11 is 0. The number of carboxylic acid groups (broad SMARTS) is 1. The molecule has 0 saturated carbocycles. The number of aliphatic imine (C=N–C) groups is 1. The van der Waals surface area contributed by atoms with Crippen LogP contribution in [0.5, 0.6) is 0 Å². The Hall–Kier alpha value is -3.81. The summed E-state index contributed by atoms with van der Waals surface area (Å²) in [5, 5.41) is 24.1. The molecule has 3 rings (SSSR count). The van der Waals surface area contributed by atoms with E-state index in [1.165, 1.54) is 6.08 Å². The average Bonchev–Trinajstić information content (AvgIpc) is 3.12. The Bertz CT molecular complexity index is 958. The number of rotatable bonds is 10. The van der Waals surface area contributed by atoms with Crippen LogP contribution in [0, 0.1) is 0 Å². The van der Waals surface area contributed by atoms with E-state index in [4.69, 9.17) is 9.47 Å². The minimum absolute atomic E-state index is 0.0688. The number of fused-ring (bicyclic) bond motifs is 3. The molecule has 168 valence electrons. The van der Waals surface area contributed by atoms with E-state index < -0.39 is 24.2 Å². The lowest BCUT2D eigenvalue weighted by Gasteiger charge is -2.22. The molecule has 0 fully saturated rings. The number of ether oxygens (including phenoxy) is 2. The van der Waals surface area contributed by atoms with Gasteiger partial charge in [-0.3, -0.25) is 4.99 Å². The number of hydrogen-bond donors (Lipinski definition) is 2. The summed E-state index contributed by atoms with van der Waals surface area (Å²) in [6.07, 6.45) is 0.275. The van der Waals surface area contributed by atoms with E-state index in [0.29, 0.717) is 6.42 Å². The highest BCUT2D eigenvalue weighted by atomic mass is 16.6. The third-order valence-corrected chi connectivity index (χ3v) is 5.14. The number of carbonyl (C=O) groups is 2. The number of nitrogens with one attached hydrogen (secondary N) is 1. The molecule has 0 spiro atoms. The molecule has 2 N–H and O–H groups in total. The molecule has 0 saturated heterocycles. The Kier molecular flexibility index (Phi) is 7.85. The number of aliphatic carboxylic acids is 1.